The van der Waals surface area contributed by atoms with Crippen LogP contribution >= 0.6 is 0 Å². The highest BCUT2D eigenvalue weighted by Gasteiger charge is 2.39. The summed E-state index contributed by atoms with van der Waals surface area (Å²) >= 11 is 0.280. The Hall–Kier alpha value is -1.48. The zero-order valence-corrected chi connectivity index (χ0v) is 12.7. The summed E-state index contributed by atoms with van der Waals surface area (Å²) in [5, 5.41) is 17.3. The van der Waals surface area contributed by atoms with Crippen LogP contribution in [0.15, 0.2) is 17.0 Å². The number of tetrazole rings is 1. The molecule has 0 aliphatic carbocycles. The molecule has 0 radical (unpaired) electrons. The Balaban J connectivity index is 2.93. The molecule has 0 bridgehead atoms. The first-order valence-electron chi connectivity index (χ1n) is 5.10. The number of aromatic amines is 1. The van der Waals surface area contributed by atoms with E-state index in [4.69, 9.17) is 5.14 Å². The first-order valence-corrected chi connectivity index (χ1v) is 7.64. The number of hydrogen-bond donors (Lipinski definition) is 2. The predicted octanol–water partition coefficient (Wildman–Crippen LogP) is -1.21. The number of H-pyrrole nitrogens is 1. The van der Waals surface area contributed by atoms with Crippen molar-refractivity contribution in [2.24, 2.45) is 5.14 Å². The second-order valence-corrected chi connectivity index (χ2v) is 6.49. The third-order valence-corrected chi connectivity index (χ3v) is 4.35. The van der Waals surface area contributed by atoms with E-state index in [1.807, 2.05) is 0 Å². The van der Waals surface area contributed by atoms with Crippen molar-refractivity contribution in [2.45, 2.75) is 11.1 Å². The highest BCUT2D eigenvalue weighted by Crippen LogP contribution is 2.36. The van der Waals surface area contributed by atoms with Crippen LogP contribution in [0, 0.1) is 0 Å². The average molecular weight is 321 g/mol. The molecule has 2 rings (SSSR count). The van der Waals surface area contributed by atoms with E-state index in [2.05, 4.69) is 20.6 Å². The first-order chi connectivity index (χ1) is 9.12. The lowest BCUT2D eigenvalue weighted by Gasteiger charge is -2.16. The number of benzene rings is 1. The highest BCUT2D eigenvalue weighted by atomic mass is 32.2. The maximum absolute atomic E-state index is 13.0. The largest absolute Gasteiger partial charge is 0.417 e. The van der Waals surface area contributed by atoms with E-state index >= 15 is 0 Å². The Morgan fingerprint density at radius 2 is 1.95 bits per heavy atom. The van der Waals surface area contributed by atoms with Gasteiger partial charge in [0, 0.05) is 5.56 Å². The number of halogens is 3. The van der Waals surface area contributed by atoms with E-state index in [9.17, 15) is 21.6 Å². The van der Waals surface area contributed by atoms with Crippen LogP contribution in [0.5, 0.6) is 0 Å². The third-order valence-electron chi connectivity index (χ3n) is 2.52. The van der Waals surface area contributed by atoms with E-state index in [1.165, 1.54) is 6.07 Å². The minimum absolute atomic E-state index is 0.245. The zero-order chi connectivity index (χ0) is 15.1. The lowest BCUT2D eigenvalue weighted by Crippen LogP contribution is -2.24. The van der Waals surface area contributed by atoms with Gasteiger partial charge in [-0.15, -0.1) is 14.6 Å². The summed E-state index contributed by atoms with van der Waals surface area (Å²) in [5.74, 6) is -0.245. The van der Waals surface area contributed by atoms with Crippen LogP contribution in [0.25, 0.3) is 11.4 Å². The van der Waals surface area contributed by atoms with Gasteiger partial charge >= 0.3 is 6.18 Å². The molecule has 1 heterocycles. The number of aromatic nitrogens is 4. The van der Waals surface area contributed by atoms with Crippen LogP contribution in [0.3, 0.4) is 0 Å². The number of primary sulfonamides is 1. The zero-order valence-electron chi connectivity index (χ0n) is 9.93. The molecule has 0 saturated heterocycles. The lowest BCUT2D eigenvalue weighted by atomic mass is 10.1. The second kappa shape index (κ2) is 4.81. The van der Waals surface area contributed by atoms with Crippen molar-refractivity contribution in [3.05, 3.63) is 17.7 Å². The Kier molecular flexibility index (Phi) is 3.59. The fourth-order valence-corrected chi connectivity index (χ4v) is 3.59. The van der Waals surface area contributed by atoms with E-state index in [1.54, 1.807) is 0 Å². The number of rotatable bonds is 2. The molecule has 0 amide bonds. The van der Waals surface area contributed by atoms with E-state index in [-0.39, 0.29) is 27.7 Å². The number of hydrogen-bond acceptors (Lipinski definition) is 5. The molecule has 106 valence electrons. The molecule has 0 fully saturated rings. The molecule has 0 aliphatic rings. The maximum atomic E-state index is 13.0. The number of nitrogens with one attached hydrogen (secondary N) is 1. The van der Waals surface area contributed by atoms with Crippen LogP contribution in [0.2, 0.25) is 0 Å². The van der Waals surface area contributed by atoms with Crippen molar-refractivity contribution in [1.82, 2.24) is 20.6 Å². The summed E-state index contributed by atoms with van der Waals surface area (Å²) in [6.07, 6.45) is -4.87. The molecule has 0 aliphatic heterocycles. The molecular formula is C8H7AlF3N5O2S. The summed E-state index contributed by atoms with van der Waals surface area (Å²) in [6.45, 7) is 0. The molecule has 2 aromatic rings. The Morgan fingerprint density at radius 3 is 2.40 bits per heavy atom. The first kappa shape index (κ1) is 14.9. The Labute approximate surface area is 118 Å². The van der Waals surface area contributed by atoms with E-state index in [0.29, 0.717) is 10.5 Å². The topological polar surface area (TPSA) is 115 Å². The fourth-order valence-electron chi connectivity index (χ4n) is 1.75. The summed E-state index contributed by atoms with van der Waals surface area (Å²) in [4.78, 5) is -1.03. The van der Waals surface area contributed by atoms with Crippen molar-refractivity contribution in [2.75, 3.05) is 0 Å². The van der Waals surface area contributed by atoms with E-state index in [0.717, 1.165) is 0 Å². The predicted molar refractivity (Wildman–Crippen MR) is 64.2 cm³/mol. The van der Waals surface area contributed by atoms with Crippen LogP contribution < -0.4 is 9.56 Å². The Bertz CT molecular complexity index is 744. The number of nitrogens with zero attached hydrogens (tertiary/aromatic N) is 3. The fraction of sp³-hybridized carbons (Fsp3) is 0.125. The van der Waals surface area contributed by atoms with Gasteiger partial charge in [-0.2, -0.15) is 18.4 Å². The quantitative estimate of drug-likeness (QED) is 0.674. The summed E-state index contributed by atoms with van der Waals surface area (Å²) in [7, 11) is -4.62. The van der Waals surface area contributed by atoms with Crippen LogP contribution in [0.1, 0.15) is 5.56 Å². The Morgan fingerprint density at radius 1 is 1.30 bits per heavy atom. The van der Waals surface area contributed by atoms with Gasteiger partial charge in [0.1, 0.15) is 4.90 Å². The minimum Gasteiger partial charge on any atom is -0.225 e. The molecule has 0 spiro atoms. The standard InChI is InChI=1S/C8H5F3N5O2S.Al.2H/c9-8(10,11)5-3-1-2-4(6(5)19(12,17)18)7-13-15-16-14-7;;;/h1,3H,(H2,12,17,18)(H,13,14,15,16);;;. The molecule has 7 nitrogen and oxygen atoms in total. The minimum atomic E-state index is -4.87. The van der Waals surface area contributed by atoms with E-state index < -0.39 is 26.7 Å². The molecule has 20 heavy (non-hydrogen) atoms. The smallest absolute Gasteiger partial charge is 0.225 e. The normalized spacial score (nSPS) is 12.6. The van der Waals surface area contributed by atoms with Crippen molar-refractivity contribution in [3.8, 4) is 11.4 Å². The van der Waals surface area contributed by atoms with Gasteiger partial charge in [0.05, 0.1) is 5.56 Å². The number of sulfonamides is 1. The lowest BCUT2D eigenvalue weighted by molar-refractivity contribution is -0.139. The van der Waals surface area contributed by atoms with Gasteiger partial charge in [-0.3, -0.25) is 0 Å². The van der Waals surface area contributed by atoms with Gasteiger partial charge in [0.25, 0.3) is 16.3 Å². The van der Waals surface area contributed by atoms with Gasteiger partial charge in [0.15, 0.2) is 0 Å². The van der Waals surface area contributed by atoms with Crippen molar-refractivity contribution in [1.29, 1.82) is 0 Å². The second-order valence-electron chi connectivity index (χ2n) is 3.91. The SMILES string of the molecule is NS(=O)(=O)c1c(C(F)(F)F)cc[c]([AlH2])c1-c1nn[nH]n1. The van der Waals surface area contributed by atoms with Gasteiger partial charge < -0.3 is 0 Å². The summed E-state index contributed by atoms with van der Waals surface area (Å²) in [6, 6.07) is 1.86. The molecular weight excluding hydrogens is 314 g/mol. The molecule has 0 atom stereocenters. The number of alkyl halides is 3. The van der Waals surface area contributed by atoms with Gasteiger partial charge in [-0.1, -0.05) is 6.07 Å². The van der Waals surface area contributed by atoms with Gasteiger partial charge in [-0.05, 0) is 11.3 Å². The summed E-state index contributed by atoms with van der Waals surface area (Å²) in [5.41, 5.74) is -1.61. The van der Waals surface area contributed by atoms with Crippen molar-refractivity contribution in [3.63, 3.8) is 0 Å². The van der Waals surface area contributed by atoms with Crippen LogP contribution in [-0.2, 0) is 16.2 Å². The third kappa shape index (κ3) is 2.68. The molecule has 1 aromatic heterocycles. The van der Waals surface area contributed by atoms with Crippen molar-refractivity contribution < 1.29 is 21.6 Å². The number of nitrogens with two attached hydrogens (primary N) is 1. The molecule has 1 aromatic carbocycles. The monoisotopic (exact) mass is 321 g/mol. The van der Waals surface area contributed by atoms with Crippen molar-refractivity contribution >= 4 is 30.7 Å². The molecule has 0 saturated carbocycles. The van der Waals surface area contributed by atoms with Gasteiger partial charge in [-0.25, -0.2) is 13.6 Å². The molecule has 0 unspecified atom stereocenters. The van der Waals surface area contributed by atoms with Crippen LogP contribution in [-0.4, -0.2) is 45.3 Å². The van der Waals surface area contributed by atoms with Gasteiger partial charge in [0.2, 0.25) is 15.8 Å². The summed E-state index contributed by atoms with van der Waals surface area (Å²) < 4.78 is 62.4. The maximum Gasteiger partial charge on any atom is 0.417 e. The highest BCUT2D eigenvalue weighted by molar-refractivity contribution is 7.89. The average Bonchev–Trinajstić information content (AvgIpc) is 2.78. The molecule has 12 heteroatoms. The molecule has 3 N–H and O–H groups in total. The van der Waals surface area contributed by atoms with Crippen LogP contribution in [0.4, 0.5) is 13.2 Å².